The molecule has 0 aliphatic heterocycles. The summed E-state index contributed by atoms with van der Waals surface area (Å²) in [5, 5.41) is 5.61. The third-order valence-electron chi connectivity index (χ3n) is 2.06. The highest BCUT2D eigenvalue weighted by atomic mass is 19.1. The second-order valence-electron chi connectivity index (χ2n) is 5.27. The van der Waals surface area contributed by atoms with Crippen molar-refractivity contribution in [2.24, 2.45) is 0 Å². The topological polar surface area (TPSA) is 63.2 Å². The summed E-state index contributed by atoms with van der Waals surface area (Å²) in [5.41, 5.74) is -0.523. The van der Waals surface area contributed by atoms with Gasteiger partial charge in [0.1, 0.15) is 11.4 Å². The molecule has 6 heteroatoms. The number of nitrogens with zero attached hydrogens (tertiary/aromatic N) is 1. The quantitative estimate of drug-likeness (QED) is 0.825. The Morgan fingerprint density at radius 1 is 1.47 bits per heavy atom. The Hall–Kier alpha value is -1.85. The highest BCUT2D eigenvalue weighted by Crippen LogP contribution is 2.07. The smallest absolute Gasteiger partial charge is 0.407 e. The Bertz CT molecular complexity index is 432. The number of alkyl carbamates (subject to hydrolysis) is 1. The molecule has 0 bridgehead atoms. The summed E-state index contributed by atoms with van der Waals surface area (Å²) in [4.78, 5) is 15.1. The average Bonchev–Trinajstić information content (AvgIpc) is 2.24. The maximum Gasteiger partial charge on any atom is 0.407 e. The van der Waals surface area contributed by atoms with Gasteiger partial charge < -0.3 is 15.4 Å². The highest BCUT2D eigenvalue weighted by Gasteiger charge is 2.16. The van der Waals surface area contributed by atoms with Crippen LogP contribution in [-0.2, 0) is 4.74 Å². The number of carbonyl (C=O) groups is 1. The predicted molar refractivity (Wildman–Crippen MR) is 71.5 cm³/mol. The summed E-state index contributed by atoms with van der Waals surface area (Å²) in [6.45, 7) is 7.60. The summed E-state index contributed by atoms with van der Waals surface area (Å²) < 4.78 is 18.0. The predicted octanol–water partition coefficient (Wildman–Crippen LogP) is 2.55. The van der Waals surface area contributed by atoms with Gasteiger partial charge in [0.2, 0.25) is 5.95 Å². The maximum atomic E-state index is 12.9. The molecule has 1 rings (SSSR count). The van der Waals surface area contributed by atoms with Gasteiger partial charge in [-0.2, -0.15) is 4.39 Å². The Balaban J connectivity index is 2.36. The first-order valence-electron chi connectivity index (χ1n) is 6.12. The van der Waals surface area contributed by atoms with Gasteiger partial charge in [0.15, 0.2) is 0 Å². The van der Waals surface area contributed by atoms with Gasteiger partial charge in [-0.05, 0) is 39.8 Å². The number of ether oxygens (including phenoxy) is 1. The molecule has 1 heterocycles. The molecule has 0 aromatic carbocycles. The van der Waals surface area contributed by atoms with E-state index in [-0.39, 0.29) is 6.04 Å². The van der Waals surface area contributed by atoms with Crippen molar-refractivity contribution in [2.45, 2.75) is 39.3 Å². The normalized spacial score (nSPS) is 12.7. The highest BCUT2D eigenvalue weighted by molar-refractivity contribution is 5.67. The van der Waals surface area contributed by atoms with Gasteiger partial charge >= 0.3 is 6.09 Å². The molecule has 0 spiro atoms. The number of halogens is 1. The Kier molecular flexibility index (Phi) is 5.09. The summed E-state index contributed by atoms with van der Waals surface area (Å²) in [6.07, 6.45) is -0.478. The van der Waals surface area contributed by atoms with Crippen LogP contribution in [-0.4, -0.2) is 29.3 Å². The lowest BCUT2D eigenvalue weighted by molar-refractivity contribution is 0.0526. The van der Waals surface area contributed by atoms with E-state index >= 15 is 0 Å². The number of hydrogen-bond acceptors (Lipinski definition) is 4. The molecule has 5 nitrogen and oxygen atoms in total. The van der Waals surface area contributed by atoms with E-state index in [9.17, 15) is 9.18 Å². The van der Waals surface area contributed by atoms with Crippen LogP contribution in [0.15, 0.2) is 18.2 Å². The zero-order valence-corrected chi connectivity index (χ0v) is 11.7. The van der Waals surface area contributed by atoms with E-state index in [1.165, 1.54) is 6.07 Å². The molecule has 0 saturated carbocycles. The van der Waals surface area contributed by atoms with Crippen LogP contribution in [0.1, 0.15) is 27.7 Å². The lowest BCUT2D eigenvalue weighted by Gasteiger charge is -2.21. The summed E-state index contributed by atoms with van der Waals surface area (Å²) in [6, 6.07) is 4.40. The van der Waals surface area contributed by atoms with Crippen molar-refractivity contribution in [3.05, 3.63) is 24.1 Å². The molecule has 0 radical (unpaired) electrons. The van der Waals surface area contributed by atoms with Crippen molar-refractivity contribution >= 4 is 11.9 Å². The minimum absolute atomic E-state index is 0.0955. The van der Waals surface area contributed by atoms with Crippen molar-refractivity contribution in [3.8, 4) is 0 Å². The fraction of sp³-hybridized carbons (Fsp3) is 0.538. The number of amides is 1. The monoisotopic (exact) mass is 269 g/mol. The Morgan fingerprint density at radius 2 is 2.16 bits per heavy atom. The van der Waals surface area contributed by atoms with Crippen LogP contribution in [0.2, 0.25) is 0 Å². The van der Waals surface area contributed by atoms with E-state index in [2.05, 4.69) is 15.6 Å². The van der Waals surface area contributed by atoms with E-state index in [1.807, 2.05) is 6.92 Å². The number of rotatable bonds is 4. The van der Waals surface area contributed by atoms with Gasteiger partial charge in [-0.3, -0.25) is 0 Å². The summed E-state index contributed by atoms with van der Waals surface area (Å²) in [5.74, 6) is -0.115. The SMILES string of the molecule is CC(CNC(=O)OC(C)(C)C)Nc1cccc(F)n1. The van der Waals surface area contributed by atoms with Gasteiger partial charge in [0.05, 0.1) is 0 Å². The molecule has 106 valence electrons. The first-order valence-corrected chi connectivity index (χ1v) is 6.12. The van der Waals surface area contributed by atoms with Crippen molar-refractivity contribution in [1.82, 2.24) is 10.3 Å². The van der Waals surface area contributed by atoms with E-state index < -0.39 is 17.6 Å². The molecule has 19 heavy (non-hydrogen) atoms. The minimum atomic E-state index is -0.544. The van der Waals surface area contributed by atoms with Crippen LogP contribution < -0.4 is 10.6 Å². The molecular weight excluding hydrogens is 249 g/mol. The standard InChI is InChI=1S/C13H20FN3O2/c1-9(8-15-12(18)19-13(2,3)4)16-11-7-5-6-10(14)17-11/h5-7,9H,8H2,1-4H3,(H,15,18)(H,16,17). The fourth-order valence-electron chi connectivity index (χ4n) is 1.34. The van der Waals surface area contributed by atoms with Gasteiger partial charge in [-0.1, -0.05) is 6.07 Å². The van der Waals surface area contributed by atoms with Crippen LogP contribution >= 0.6 is 0 Å². The number of nitrogens with one attached hydrogen (secondary N) is 2. The summed E-state index contributed by atoms with van der Waals surface area (Å²) >= 11 is 0. The van der Waals surface area contributed by atoms with Crippen molar-refractivity contribution in [1.29, 1.82) is 0 Å². The molecule has 2 N–H and O–H groups in total. The van der Waals surface area contributed by atoms with E-state index in [1.54, 1.807) is 32.9 Å². The summed E-state index contributed by atoms with van der Waals surface area (Å²) in [7, 11) is 0. The first kappa shape index (κ1) is 15.2. The van der Waals surface area contributed by atoms with Crippen LogP contribution in [0, 0.1) is 5.95 Å². The molecule has 1 unspecified atom stereocenters. The molecule has 0 aliphatic rings. The van der Waals surface area contributed by atoms with Gasteiger partial charge in [-0.25, -0.2) is 9.78 Å². The number of carbonyl (C=O) groups excluding carboxylic acids is 1. The Morgan fingerprint density at radius 3 is 2.74 bits per heavy atom. The van der Waals surface area contributed by atoms with E-state index in [0.29, 0.717) is 12.4 Å². The molecule has 1 aromatic heterocycles. The first-order chi connectivity index (χ1) is 8.76. The molecule has 0 fully saturated rings. The molecule has 1 amide bonds. The maximum absolute atomic E-state index is 12.9. The molecular formula is C13H20FN3O2. The zero-order chi connectivity index (χ0) is 14.5. The van der Waals surface area contributed by atoms with Crippen molar-refractivity contribution < 1.29 is 13.9 Å². The molecule has 0 saturated heterocycles. The Labute approximate surface area is 112 Å². The number of hydrogen-bond donors (Lipinski definition) is 2. The fourth-order valence-corrected chi connectivity index (χ4v) is 1.34. The largest absolute Gasteiger partial charge is 0.444 e. The van der Waals surface area contributed by atoms with Gasteiger partial charge in [-0.15, -0.1) is 0 Å². The number of anilines is 1. The second kappa shape index (κ2) is 6.36. The average molecular weight is 269 g/mol. The van der Waals surface area contributed by atoms with Crippen LogP contribution in [0.25, 0.3) is 0 Å². The third kappa shape index (κ3) is 6.59. The van der Waals surface area contributed by atoms with E-state index in [0.717, 1.165) is 0 Å². The molecule has 1 atom stereocenters. The van der Waals surface area contributed by atoms with Gasteiger partial charge in [0, 0.05) is 12.6 Å². The lowest BCUT2D eigenvalue weighted by atomic mass is 10.2. The van der Waals surface area contributed by atoms with Gasteiger partial charge in [0.25, 0.3) is 0 Å². The van der Waals surface area contributed by atoms with Crippen LogP contribution in [0.5, 0.6) is 0 Å². The lowest BCUT2D eigenvalue weighted by Crippen LogP contribution is -2.38. The van der Waals surface area contributed by atoms with E-state index in [4.69, 9.17) is 4.74 Å². The van der Waals surface area contributed by atoms with Crippen LogP contribution in [0.4, 0.5) is 15.0 Å². The van der Waals surface area contributed by atoms with Crippen molar-refractivity contribution in [2.75, 3.05) is 11.9 Å². The molecule has 1 aromatic rings. The minimum Gasteiger partial charge on any atom is -0.444 e. The van der Waals surface area contributed by atoms with Crippen molar-refractivity contribution in [3.63, 3.8) is 0 Å². The number of aromatic nitrogens is 1. The zero-order valence-electron chi connectivity index (χ0n) is 11.7. The third-order valence-corrected chi connectivity index (χ3v) is 2.06. The molecule has 0 aliphatic carbocycles. The van der Waals surface area contributed by atoms with Crippen LogP contribution in [0.3, 0.4) is 0 Å². The number of pyridine rings is 1. The second-order valence-corrected chi connectivity index (χ2v) is 5.27.